The Morgan fingerprint density at radius 1 is 1.15 bits per heavy atom. The first kappa shape index (κ1) is 27.8. The number of esters is 1. The van der Waals surface area contributed by atoms with Crippen molar-refractivity contribution in [3.63, 3.8) is 0 Å². The molecule has 0 saturated carbocycles. The monoisotopic (exact) mass is 573 g/mol. The molecule has 0 saturated heterocycles. The van der Waals surface area contributed by atoms with Gasteiger partial charge in [-0.3, -0.25) is 19.5 Å². The number of benzene rings is 2. The van der Waals surface area contributed by atoms with Crippen molar-refractivity contribution in [3.05, 3.63) is 113 Å². The van der Waals surface area contributed by atoms with Gasteiger partial charge in [0.05, 0.1) is 52.6 Å². The van der Waals surface area contributed by atoms with E-state index < -0.39 is 16.9 Å². The summed E-state index contributed by atoms with van der Waals surface area (Å²) in [6, 6.07) is 14.8. The van der Waals surface area contributed by atoms with Gasteiger partial charge in [-0.1, -0.05) is 49.4 Å². The van der Waals surface area contributed by atoms with Crippen molar-refractivity contribution in [1.29, 1.82) is 0 Å². The smallest absolute Gasteiger partial charge is 0.338 e. The molecule has 2 aromatic carbocycles. The zero-order chi connectivity index (χ0) is 29.4. The number of nitro groups is 1. The highest BCUT2D eigenvalue weighted by Gasteiger charge is 2.33. The van der Waals surface area contributed by atoms with Gasteiger partial charge in [0.25, 0.3) is 11.2 Å². The SMILES string of the molecule is COC(=O)C1=C(C)N=c2s/c(=C\c3ccc(-c4ccc([N+](=O)[O-])cc4OC)o3)c(=O)n2C1c1ccc(C(C)C)cc1. The Hall–Kier alpha value is -4.77. The van der Waals surface area contributed by atoms with Crippen LogP contribution in [0.5, 0.6) is 5.75 Å². The summed E-state index contributed by atoms with van der Waals surface area (Å²) < 4.78 is 18.3. The molecule has 0 radical (unpaired) electrons. The lowest BCUT2D eigenvalue weighted by atomic mass is 9.93. The van der Waals surface area contributed by atoms with Crippen LogP contribution < -0.4 is 19.6 Å². The van der Waals surface area contributed by atoms with E-state index in [4.69, 9.17) is 13.9 Å². The van der Waals surface area contributed by atoms with Crippen LogP contribution in [0.4, 0.5) is 5.69 Å². The van der Waals surface area contributed by atoms with Gasteiger partial charge in [-0.25, -0.2) is 9.79 Å². The third-order valence-electron chi connectivity index (χ3n) is 6.91. The summed E-state index contributed by atoms with van der Waals surface area (Å²) in [4.78, 5) is 42.4. The molecule has 3 heterocycles. The molecule has 0 N–H and O–H groups in total. The molecule has 1 unspecified atom stereocenters. The second-order valence-corrected chi connectivity index (χ2v) is 10.7. The zero-order valence-electron chi connectivity index (χ0n) is 23.0. The van der Waals surface area contributed by atoms with Gasteiger partial charge in [0, 0.05) is 12.1 Å². The zero-order valence-corrected chi connectivity index (χ0v) is 23.9. The molecular formula is C30H27N3O7S. The summed E-state index contributed by atoms with van der Waals surface area (Å²) in [6.45, 7) is 5.93. The largest absolute Gasteiger partial charge is 0.496 e. The van der Waals surface area contributed by atoms with Gasteiger partial charge in [-0.15, -0.1) is 0 Å². The molecular weight excluding hydrogens is 546 g/mol. The summed E-state index contributed by atoms with van der Waals surface area (Å²) in [5.41, 5.74) is 2.78. The van der Waals surface area contributed by atoms with E-state index in [2.05, 4.69) is 18.8 Å². The van der Waals surface area contributed by atoms with Crippen LogP contribution in [0.15, 0.2) is 80.1 Å². The fraction of sp³-hybridized carbons (Fsp3) is 0.233. The van der Waals surface area contributed by atoms with Gasteiger partial charge < -0.3 is 13.9 Å². The van der Waals surface area contributed by atoms with Gasteiger partial charge in [-0.2, -0.15) is 0 Å². The second kappa shape index (κ2) is 11.0. The molecule has 0 fully saturated rings. The van der Waals surface area contributed by atoms with Crippen molar-refractivity contribution in [2.75, 3.05) is 14.2 Å². The number of nitro benzene ring substituents is 1. The fourth-order valence-electron chi connectivity index (χ4n) is 4.77. The molecule has 1 aliphatic rings. The lowest BCUT2D eigenvalue weighted by Crippen LogP contribution is -2.39. The third kappa shape index (κ3) is 5.11. The van der Waals surface area contributed by atoms with Gasteiger partial charge in [-0.05, 0) is 42.2 Å². The Kier molecular flexibility index (Phi) is 7.46. The number of fused-ring (bicyclic) bond motifs is 1. The topological polar surface area (TPSA) is 126 Å². The lowest BCUT2D eigenvalue weighted by molar-refractivity contribution is -0.384. The predicted octanol–water partition coefficient (Wildman–Crippen LogP) is 4.71. The number of hydrogen-bond donors (Lipinski definition) is 0. The first-order valence-corrected chi connectivity index (χ1v) is 13.6. The Labute approximate surface area is 238 Å². The Morgan fingerprint density at radius 2 is 1.88 bits per heavy atom. The van der Waals surface area contributed by atoms with Crippen LogP contribution in [0.2, 0.25) is 0 Å². The highest BCUT2D eigenvalue weighted by molar-refractivity contribution is 7.07. The number of methoxy groups -OCH3 is 2. The quantitative estimate of drug-likeness (QED) is 0.178. The minimum Gasteiger partial charge on any atom is -0.496 e. The van der Waals surface area contributed by atoms with Crippen molar-refractivity contribution in [1.82, 2.24) is 4.57 Å². The number of nitrogens with zero attached hydrogens (tertiary/aromatic N) is 3. The Bertz CT molecular complexity index is 1880. The maximum atomic E-state index is 13.8. The van der Waals surface area contributed by atoms with E-state index in [0.717, 1.165) is 11.1 Å². The Balaban J connectivity index is 1.61. The maximum Gasteiger partial charge on any atom is 0.338 e. The van der Waals surface area contributed by atoms with Crippen molar-refractivity contribution in [3.8, 4) is 17.1 Å². The van der Waals surface area contributed by atoms with E-state index >= 15 is 0 Å². The number of ether oxygens (including phenoxy) is 2. The average molecular weight is 574 g/mol. The number of non-ortho nitro benzene ring substituents is 1. The molecule has 1 atom stereocenters. The number of furan rings is 1. The molecule has 41 heavy (non-hydrogen) atoms. The van der Waals surface area contributed by atoms with Gasteiger partial charge >= 0.3 is 5.97 Å². The van der Waals surface area contributed by atoms with Crippen LogP contribution in [0.3, 0.4) is 0 Å². The minimum absolute atomic E-state index is 0.103. The minimum atomic E-state index is -0.710. The maximum absolute atomic E-state index is 13.8. The van der Waals surface area contributed by atoms with Gasteiger partial charge in [0.2, 0.25) is 0 Å². The molecule has 0 spiro atoms. The van der Waals surface area contributed by atoms with Crippen LogP contribution in [0, 0.1) is 10.1 Å². The van der Waals surface area contributed by atoms with Crippen molar-refractivity contribution < 1.29 is 23.6 Å². The number of carbonyl (C=O) groups excluding carboxylic acids is 1. The van der Waals surface area contributed by atoms with Gasteiger partial charge in [0.15, 0.2) is 4.80 Å². The number of rotatable bonds is 7. The van der Waals surface area contributed by atoms with Crippen LogP contribution in [-0.4, -0.2) is 29.7 Å². The first-order valence-electron chi connectivity index (χ1n) is 12.8. The number of allylic oxidation sites excluding steroid dienone is 1. The van der Waals surface area contributed by atoms with Crippen molar-refractivity contribution in [2.45, 2.75) is 32.7 Å². The van der Waals surface area contributed by atoms with E-state index in [1.54, 1.807) is 31.2 Å². The summed E-state index contributed by atoms with van der Waals surface area (Å²) >= 11 is 1.19. The highest BCUT2D eigenvalue weighted by Crippen LogP contribution is 2.35. The summed E-state index contributed by atoms with van der Waals surface area (Å²) in [6.07, 6.45) is 1.61. The van der Waals surface area contributed by atoms with Crippen molar-refractivity contribution >= 4 is 29.1 Å². The molecule has 5 rings (SSSR count). The standard InChI is InChI=1S/C30H27N3O7S/c1-16(2)18-6-8-19(9-7-18)27-26(29(35)39-5)17(3)31-30-32(27)28(34)25(41-30)15-21-11-13-23(40-21)22-12-10-20(33(36)37)14-24(22)38-4/h6-16,27H,1-5H3/b25-15-. The second-order valence-electron chi connectivity index (χ2n) is 9.74. The molecule has 10 nitrogen and oxygen atoms in total. The lowest BCUT2D eigenvalue weighted by Gasteiger charge is -2.24. The summed E-state index contributed by atoms with van der Waals surface area (Å²) in [5, 5.41) is 11.1. The molecule has 2 aromatic heterocycles. The van der Waals surface area contributed by atoms with E-state index in [-0.39, 0.29) is 17.0 Å². The number of aromatic nitrogens is 1. The molecule has 1 aliphatic heterocycles. The molecule has 0 aliphatic carbocycles. The van der Waals surface area contributed by atoms with Crippen molar-refractivity contribution in [2.24, 2.45) is 4.99 Å². The highest BCUT2D eigenvalue weighted by atomic mass is 32.1. The van der Waals surface area contributed by atoms with E-state index in [0.29, 0.717) is 43.6 Å². The predicted molar refractivity (Wildman–Crippen MR) is 154 cm³/mol. The average Bonchev–Trinajstić information content (AvgIpc) is 3.55. The van der Waals surface area contributed by atoms with Crippen LogP contribution >= 0.6 is 11.3 Å². The number of thiazole rings is 1. The summed E-state index contributed by atoms with van der Waals surface area (Å²) in [5.74, 6) is 0.877. The molecule has 11 heteroatoms. The third-order valence-corrected chi connectivity index (χ3v) is 7.89. The molecule has 0 amide bonds. The molecule has 0 bridgehead atoms. The normalized spacial score (nSPS) is 15.1. The molecule has 210 valence electrons. The van der Waals surface area contributed by atoms with Crippen LogP contribution in [-0.2, 0) is 9.53 Å². The summed E-state index contributed by atoms with van der Waals surface area (Å²) in [7, 11) is 2.73. The Morgan fingerprint density at radius 3 is 2.51 bits per heavy atom. The van der Waals surface area contributed by atoms with E-state index in [1.807, 2.05) is 24.3 Å². The fourth-order valence-corrected chi connectivity index (χ4v) is 5.80. The number of carbonyl (C=O) groups is 1. The van der Waals surface area contributed by atoms with Gasteiger partial charge in [0.1, 0.15) is 17.3 Å². The van der Waals surface area contributed by atoms with E-state index in [9.17, 15) is 19.7 Å². The van der Waals surface area contributed by atoms with E-state index in [1.165, 1.54) is 42.3 Å². The van der Waals surface area contributed by atoms with Crippen LogP contribution in [0.25, 0.3) is 17.4 Å². The molecule has 4 aromatic rings. The first-order chi connectivity index (χ1) is 19.6. The number of hydrogen-bond acceptors (Lipinski definition) is 9. The van der Waals surface area contributed by atoms with Crippen LogP contribution in [0.1, 0.15) is 49.6 Å².